The minimum atomic E-state index is -0.658. The number of anilines is 1. The molecule has 0 bridgehead atoms. The third-order valence-corrected chi connectivity index (χ3v) is 8.56. The second kappa shape index (κ2) is 11.7. The Kier molecular flexibility index (Phi) is 7.69. The number of allylic oxidation sites excluding steroid dienone is 1. The number of para-hydroxylation sites is 2. The van der Waals surface area contributed by atoms with Crippen molar-refractivity contribution in [3.63, 3.8) is 0 Å². The van der Waals surface area contributed by atoms with Gasteiger partial charge < -0.3 is 14.6 Å². The minimum Gasteiger partial charge on any atom is -0.494 e. The Balaban J connectivity index is 1.49. The van der Waals surface area contributed by atoms with Crippen LogP contribution in [-0.4, -0.2) is 21.6 Å². The van der Waals surface area contributed by atoms with Crippen LogP contribution in [0.3, 0.4) is 0 Å². The lowest BCUT2D eigenvalue weighted by Gasteiger charge is -2.25. The van der Waals surface area contributed by atoms with E-state index in [4.69, 9.17) is 9.73 Å². The molecule has 1 aliphatic heterocycles. The van der Waals surface area contributed by atoms with Crippen molar-refractivity contribution in [2.45, 2.75) is 33.7 Å². The Morgan fingerprint density at radius 1 is 0.977 bits per heavy atom. The number of aryl methyl sites for hydroxylation is 1. The third kappa shape index (κ3) is 5.37. The highest BCUT2D eigenvalue weighted by atomic mass is 32.1. The molecular formula is C35H32N4O3S. The standard InChI is InChI=1S/C35H32N4O3S/c1-5-42-29-18-16-25(17-19-29)32-31(33(40)37-27-12-8-6-9-13-27)23(3)36-35-39(32)34(41)30(43-35)21-26-20-22(2)38(24(26)4)28-14-10-7-11-15-28/h6-21,32H,5H2,1-4H3,(H,37,40)/b30-21-/t32-/m0/s1. The van der Waals surface area contributed by atoms with E-state index in [1.54, 1.807) is 4.57 Å². The van der Waals surface area contributed by atoms with Crippen molar-refractivity contribution in [2.75, 3.05) is 11.9 Å². The highest BCUT2D eigenvalue weighted by molar-refractivity contribution is 7.07. The van der Waals surface area contributed by atoms with Crippen LogP contribution >= 0.6 is 11.3 Å². The van der Waals surface area contributed by atoms with E-state index in [1.807, 2.05) is 92.7 Å². The number of ether oxygens (including phenoxy) is 1. The van der Waals surface area contributed by atoms with Crippen molar-refractivity contribution in [3.8, 4) is 11.4 Å². The lowest BCUT2D eigenvalue weighted by molar-refractivity contribution is -0.113. The van der Waals surface area contributed by atoms with Crippen LogP contribution < -0.4 is 24.9 Å². The summed E-state index contributed by atoms with van der Waals surface area (Å²) in [5.41, 5.74) is 6.42. The number of amides is 1. The number of benzene rings is 3. The zero-order valence-corrected chi connectivity index (χ0v) is 25.3. The van der Waals surface area contributed by atoms with Crippen molar-refractivity contribution in [3.05, 3.63) is 144 Å². The fraction of sp³-hybridized carbons (Fsp3) is 0.171. The summed E-state index contributed by atoms with van der Waals surface area (Å²) in [7, 11) is 0. The molecule has 3 aromatic carbocycles. The van der Waals surface area contributed by atoms with Gasteiger partial charge in [0.1, 0.15) is 5.75 Å². The van der Waals surface area contributed by atoms with Gasteiger partial charge in [0.25, 0.3) is 11.5 Å². The summed E-state index contributed by atoms with van der Waals surface area (Å²) in [5, 5.41) is 3.00. The number of nitrogens with one attached hydrogen (secondary N) is 1. The highest BCUT2D eigenvalue weighted by Crippen LogP contribution is 2.32. The molecule has 0 spiro atoms. The molecule has 0 saturated heterocycles. The number of fused-ring (bicyclic) bond motifs is 1. The third-order valence-electron chi connectivity index (χ3n) is 7.58. The van der Waals surface area contributed by atoms with Gasteiger partial charge in [-0.15, -0.1) is 0 Å². The lowest BCUT2D eigenvalue weighted by atomic mass is 9.95. The number of thiazole rings is 1. The Morgan fingerprint density at radius 3 is 2.33 bits per heavy atom. The minimum absolute atomic E-state index is 0.190. The van der Waals surface area contributed by atoms with Gasteiger partial charge in [0.2, 0.25) is 0 Å². The first-order valence-electron chi connectivity index (χ1n) is 14.2. The fourth-order valence-corrected chi connectivity index (χ4v) is 6.65. The predicted molar refractivity (Wildman–Crippen MR) is 172 cm³/mol. The summed E-state index contributed by atoms with van der Waals surface area (Å²) in [6, 6.07) is 28.5. The molecule has 0 fully saturated rings. The van der Waals surface area contributed by atoms with Gasteiger partial charge >= 0.3 is 0 Å². The maximum Gasteiger partial charge on any atom is 0.271 e. The molecule has 1 aliphatic rings. The summed E-state index contributed by atoms with van der Waals surface area (Å²) in [6.45, 7) is 8.42. The van der Waals surface area contributed by atoms with Crippen LogP contribution in [0.25, 0.3) is 11.8 Å². The van der Waals surface area contributed by atoms with Crippen LogP contribution in [0.1, 0.15) is 42.4 Å². The van der Waals surface area contributed by atoms with Crippen molar-refractivity contribution in [2.24, 2.45) is 4.99 Å². The van der Waals surface area contributed by atoms with Gasteiger partial charge in [0.15, 0.2) is 4.80 Å². The van der Waals surface area contributed by atoms with E-state index in [1.165, 1.54) is 11.3 Å². The zero-order chi connectivity index (χ0) is 30.1. The maximum atomic E-state index is 14.2. The van der Waals surface area contributed by atoms with Gasteiger partial charge in [-0.2, -0.15) is 0 Å². The second-order valence-electron chi connectivity index (χ2n) is 10.4. The summed E-state index contributed by atoms with van der Waals surface area (Å²) >= 11 is 1.34. The topological polar surface area (TPSA) is 77.6 Å². The van der Waals surface area contributed by atoms with E-state index in [0.29, 0.717) is 32.9 Å². The molecular weight excluding hydrogens is 556 g/mol. The molecule has 8 heteroatoms. The number of rotatable bonds is 7. The number of carbonyl (C=O) groups is 1. The summed E-state index contributed by atoms with van der Waals surface area (Å²) in [6.07, 6.45) is 1.93. The maximum absolute atomic E-state index is 14.2. The average molecular weight is 589 g/mol. The van der Waals surface area contributed by atoms with Gasteiger partial charge in [-0.25, -0.2) is 4.99 Å². The molecule has 1 atom stereocenters. The van der Waals surface area contributed by atoms with E-state index in [2.05, 4.69) is 41.9 Å². The first-order valence-corrected chi connectivity index (χ1v) is 15.0. The summed E-state index contributed by atoms with van der Waals surface area (Å²) in [4.78, 5) is 33.3. The van der Waals surface area contributed by atoms with Crippen molar-refractivity contribution >= 4 is 29.0 Å². The molecule has 216 valence electrons. The Hall–Kier alpha value is -4.95. The normalized spacial score (nSPS) is 14.8. The monoisotopic (exact) mass is 588 g/mol. The molecule has 3 heterocycles. The fourth-order valence-electron chi connectivity index (χ4n) is 5.61. The van der Waals surface area contributed by atoms with Crippen LogP contribution in [0.2, 0.25) is 0 Å². The van der Waals surface area contributed by atoms with Crippen molar-refractivity contribution in [1.29, 1.82) is 0 Å². The Bertz CT molecular complexity index is 2020. The molecule has 0 aliphatic carbocycles. The van der Waals surface area contributed by atoms with Gasteiger partial charge in [-0.1, -0.05) is 59.9 Å². The first kappa shape index (κ1) is 28.2. The summed E-state index contributed by atoms with van der Waals surface area (Å²) < 4.78 is 10.0. The van der Waals surface area contributed by atoms with Crippen LogP contribution in [0, 0.1) is 13.8 Å². The van der Waals surface area contributed by atoms with E-state index >= 15 is 0 Å². The molecule has 43 heavy (non-hydrogen) atoms. The van der Waals surface area contributed by atoms with Gasteiger partial charge in [-0.05, 0) is 87.4 Å². The Morgan fingerprint density at radius 2 is 1.65 bits per heavy atom. The van der Waals surface area contributed by atoms with E-state index in [0.717, 1.165) is 34.0 Å². The van der Waals surface area contributed by atoms with Gasteiger partial charge in [-0.3, -0.25) is 14.2 Å². The number of hydrogen-bond acceptors (Lipinski definition) is 5. The molecule has 2 aromatic heterocycles. The van der Waals surface area contributed by atoms with Gasteiger partial charge in [0.05, 0.1) is 28.5 Å². The molecule has 0 unspecified atom stereocenters. The average Bonchev–Trinajstić information content (AvgIpc) is 3.47. The van der Waals surface area contributed by atoms with E-state index < -0.39 is 6.04 Å². The van der Waals surface area contributed by atoms with Crippen molar-refractivity contribution in [1.82, 2.24) is 9.13 Å². The van der Waals surface area contributed by atoms with Crippen LogP contribution in [0.4, 0.5) is 5.69 Å². The van der Waals surface area contributed by atoms with Crippen LogP contribution in [-0.2, 0) is 4.79 Å². The highest BCUT2D eigenvalue weighted by Gasteiger charge is 2.32. The smallest absolute Gasteiger partial charge is 0.271 e. The molecule has 6 rings (SSSR count). The molecule has 1 N–H and O–H groups in total. The molecule has 1 amide bonds. The SMILES string of the molecule is CCOc1ccc([C@H]2C(C(=O)Nc3ccccc3)=C(C)N=c3s/c(=C\c4cc(C)n(-c5ccccc5)c4C)c(=O)n32)cc1. The summed E-state index contributed by atoms with van der Waals surface area (Å²) in [5.74, 6) is 0.426. The molecule has 0 saturated carbocycles. The van der Waals surface area contributed by atoms with Crippen LogP contribution in [0.5, 0.6) is 5.75 Å². The number of aromatic nitrogens is 2. The first-order chi connectivity index (χ1) is 20.9. The largest absolute Gasteiger partial charge is 0.494 e. The van der Waals surface area contributed by atoms with Gasteiger partial charge in [0, 0.05) is 22.8 Å². The lowest BCUT2D eigenvalue weighted by Crippen LogP contribution is -2.40. The van der Waals surface area contributed by atoms with E-state index in [-0.39, 0.29) is 11.5 Å². The zero-order valence-electron chi connectivity index (χ0n) is 24.5. The van der Waals surface area contributed by atoms with Crippen LogP contribution in [0.15, 0.2) is 112 Å². The Labute approximate surface area is 253 Å². The number of nitrogens with zero attached hydrogens (tertiary/aromatic N) is 3. The molecule has 0 radical (unpaired) electrons. The van der Waals surface area contributed by atoms with Crippen molar-refractivity contribution < 1.29 is 9.53 Å². The molecule has 7 nitrogen and oxygen atoms in total. The quantitative estimate of drug-likeness (QED) is 0.266. The predicted octanol–water partition coefficient (Wildman–Crippen LogP) is 5.68. The number of carbonyl (C=O) groups excluding carboxylic acids is 1. The second-order valence-corrected chi connectivity index (χ2v) is 11.4. The molecule has 5 aromatic rings. The van der Waals surface area contributed by atoms with E-state index in [9.17, 15) is 9.59 Å². The number of hydrogen-bond donors (Lipinski definition) is 1.